The van der Waals surface area contributed by atoms with Crippen LogP contribution < -0.4 is 5.32 Å². The number of benzene rings is 2. The zero-order chi connectivity index (χ0) is 21.6. The molecule has 1 saturated heterocycles. The topological polar surface area (TPSA) is 63.1 Å². The second-order valence-corrected chi connectivity index (χ2v) is 9.11. The van der Waals surface area contributed by atoms with Crippen LogP contribution in [0.3, 0.4) is 0 Å². The smallest absolute Gasteiger partial charge is 0.230 e. The number of rotatable bonds is 7. The highest BCUT2D eigenvalue weighted by atomic mass is 32.2. The summed E-state index contributed by atoms with van der Waals surface area (Å²) in [4.78, 5) is 15.0. The van der Waals surface area contributed by atoms with E-state index in [-0.39, 0.29) is 11.9 Å². The number of piperidine rings is 1. The minimum atomic E-state index is 0.0571. The lowest BCUT2D eigenvalue weighted by Crippen LogP contribution is -2.44. The van der Waals surface area contributed by atoms with Gasteiger partial charge in [0.25, 0.3) is 0 Å². The van der Waals surface area contributed by atoms with Crippen molar-refractivity contribution in [2.24, 2.45) is 0 Å². The van der Waals surface area contributed by atoms with Crippen LogP contribution in [0.15, 0.2) is 60.0 Å². The maximum absolute atomic E-state index is 12.5. The number of amides is 1. The van der Waals surface area contributed by atoms with Gasteiger partial charge in [0.2, 0.25) is 5.91 Å². The zero-order valence-electron chi connectivity index (χ0n) is 18.1. The van der Waals surface area contributed by atoms with E-state index in [1.807, 2.05) is 10.6 Å². The van der Waals surface area contributed by atoms with Crippen molar-refractivity contribution in [1.82, 2.24) is 25.0 Å². The van der Waals surface area contributed by atoms with Crippen molar-refractivity contribution in [3.8, 4) is 5.69 Å². The van der Waals surface area contributed by atoms with Gasteiger partial charge in [-0.3, -0.25) is 14.3 Å². The van der Waals surface area contributed by atoms with Crippen LogP contribution in [-0.4, -0.2) is 50.5 Å². The summed E-state index contributed by atoms with van der Waals surface area (Å²) in [6.07, 6.45) is 3.68. The first-order chi connectivity index (χ1) is 15.1. The third-order valence-electron chi connectivity index (χ3n) is 5.66. The van der Waals surface area contributed by atoms with Gasteiger partial charge in [0, 0.05) is 25.7 Å². The maximum atomic E-state index is 12.5. The average molecular weight is 436 g/mol. The van der Waals surface area contributed by atoms with Crippen molar-refractivity contribution in [2.75, 3.05) is 18.8 Å². The number of nitrogens with zero attached hydrogens (tertiary/aromatic N) is 4. The highest BCUT2D eigenvalue weighted by Crippen LogP contribution is 2.23. The fraction of sp³-hybridized carbons (Fsp3) is 0.375. The lowest BCUT2D eigenvalue weighted by molar-refractivity contribution is -0.119. The SMILES string of the molecule is Cc1ccc(-n2cnnc2SCC(=O)NC2CCN(Cc3ccccc3)CC2)c(C)c1. The Hall–Kier alpha value is -2.64. The summed E-state index contributed by atoms with van der Waals surface area (Å²) >= 11 is 1.43. The molecule has 2 aromatic carbocycles. The Morgan fingerprint density at radius 1 is 1.13 bits per heavy atom. The van der Waals surface area contributed by atoms with Crippen LogP contribution >= 0.6 is 11.8 Å². The number of hydrogen-bond donors (Lipinski definition) is 1. The summed E-state index contributed by atoms with van der Waals surface area (Å²) in [7, 11) is 0. The number of likely N-dealkylation sites (tertiary alicyclic amines) is 1. The van der Waals surface area contributed by atoms with Crippen molar-refractivity contribution in [3.05, 3.63) is 71.5 Å². The molecule has 3 aromatic rings. The molecular formula is C24H29N5OS. The van der Waals surface area contributed by atoms with Crippen molar-refractivity contribution >= 4 is 17.7 Å². The number of carbonyl (C=O) groups excluding carboxylic acids is 1. The minimum absolute atomic E-state index is 0.0571. The molecule has 1 fully saturated rings. The first-order valence-electron chi connectivity index (χ1n) is 10.7. The lowest BCUT2D eigenvalue weighted by atomic mass is 10.0. The van der Waals surface area contributed by atoms with Gasteiger partial charge in [-0.15, -0.1) is 10.2 Å². The van der Waals surface area contributed by atoms with E-state index < -0.39 is 0 Å². The van der Waals surface area contributed by atoms with Gasteiger partial charge >= 0.3 is 0 Å². The monoisotopic (exact) mass is 435 g/mol. The predicted molar refractivity (Wildman–Crippen MR) is 124 cm³/mol. The highest BCUT2D eigenvalue weighted by molar-refractivity contribution is 7.99. The maximum Gasteiger partial charge on any atom is 0.230 e. The van der Waals surface area contributed by atoms with Crippen LogP contribution in [0.4, 0.5) is 0 Å². The molecule has 0 bridgehead atoms. The largest absolute Gasteiger partial charge is 0.353 e. The Morgan fingerprint density at radius 2 is 1.90 bits per heavy atom. The molecule has 162 valence electrons. The summed E-state index contributed by atoms with van der Waals surface area (Å²) in [6, 6.07) is 17.1. The third kappa shape index (κ3) is 5.74. The van der Waals surface area contributed by atoms with Gasteiger partial charge in [-0.05, 0) is 43.9 Å². The van der Waals surface area contributed by atoms with E-state index in [0.717, 1.165) is 48.9 Å². The Morgan fingerprint density at radius 3 is 2.65 bits per heavy atom. The summed E-state index contributed by atoms with van der Waals surface area (Å²) < 4.78 is 1.95. The molecule has 0 spiro atoms. The fourth-order valence-corrected chi connectivity index (χ4v) is 4.77. The number of aryl methyl sites for hydroxylation is 2. The number of hydrogen-bond acceptors (Lipinski definition) is 5. The molecule has 1 aliphatic rings. The van der Waals surface area contributed by atoms with Crippen molar-refractivity contribution in [3.63, 3.8) is 0 Å². The minimum Gasteiger partial charge on any atom is -0.353 e. The number of thioether (sulfide) groups is 1. The lowest BCUT2D eigenvalue weighted by Gasteiger charge is -2.32. The first kappa shape index (κ1) is 21.6. The Balaban J connectivity index is 1.25. The third-order valence-corrected chi connectivity index (χ3v) is 6.61. The molecule has 0 aliphatic carbocycles. The molecule has 7 heteroatoms. The van der Waals surface area contributed by atoms with Crippen LogP contribution in [0, 0.1) is 13.8 Å². The summed E-state index contributed by atoms with van der Waals surface area (Å²) in [6.45, 7) is 7.15. The number of carbonyl (C=O) groups is 1. The molecule has 0 unspecified atom stereocenters. The van der Waals surface area contributed by atoms with E-state index in [9.17, 15) is 4.79 Å². The van der Waals surface area contributed by atoms with E-state index in [2.05, 4.69) is 76.7 Å². The molecule has 1 amide bonds. The van der Waals surface area contributed by atoms with Gasteiger partial charge in [0.15, 0.2) is 5.16 Å². The molecule has 0 radical (unpaired) electrons. The molecule has 6 nitrogen and oxygen atoms in total. The summed E-state index contributed by atoms with van der Waals surface area (Å²) in [5, 5.41) is 12.2. The average Bonchev–Trinajstić information content (AvgIpc) is 3.23. The molecule has 1 aliphatic heterocycles. The summed E-state index contributed by atoms with van der Waals surface area (Å²) in [5.41, 5.74) is 4.77. The van der Waals surface area contributed by atoms with Crippen LogP contribution in [0.5, 0.6) is 0 Å². The van der Waals surface area contributed by atoms with E-state index in [4.69, 9.17) is 0 Å². The zero-order valence-corrected chi connectivity index (χ0v) is 18.9. The Bertz CT molecular complexity index is 1010. The highest BCUT2D eigenvalue weighted by Gasteiger charge is 2.21. The molecule has 0 atom stereocenters. The van der Waals surface area contributed by atoms with E-state index in [1.54, 1.807) is 6.33 Å². The summed E-state index contributed by atoms with van der Waals surface area (Å²) in [5.74, 6) is 0.398. The van der Waals surface area contributed by atoms with Crippen LogP contribution in [-0.2, 0) is 11.3 Å². The fourth-order valence-electron chi connectivity index (χ4n) is 4.04. The van der Waals surface area contributed by atoms with Crippen molar-refractivity contribution in [1.29, 1.82) is 0 Å². The molecule has 0 saturated carbocycles. The van der Waals surface area contributed by atoms with Crippen LogP contribution in [0.2, 0.25) is 0 Å². The van der Waals surface area contributed by atoms with Gasteiger partial charge in [-0.25, -0.2) is 0 Å². The van der Waals surface area contributed by atoms with E-state index >= 15 is 0 Å². The molecule has 2 heterocycles. The number of aromatic nitrogens is 3. The van der Waals surface area contributed by atoms with E-state index in [1.165, 1.54) is 22.9 Å². The normalized spacial score (nSPS) is 15.2. The molecule has 1 N–H and O–H groups in total. The van der Waals surface area contributed by atoms with Crippen LogP contribution in [0.25, 0.3) is 5.69 Å². The number of nitrogens with one attached hydrogen (secondary N) is 1. The van der Waals surface area contributed by atoms with Crippen molar-refractivity contribution in [2.45, 2.75) is 44.4 Å². The standard InChI is InChI=1S/C24H29N5OS/c1-18-8-9-22(19(2)14-18)29-17-25-27-24(29)31-16-23(30)26-21-10-12-28(13-11-21)15-20-6-4-3-5-7-20/h3-9,14,17,21H,10-13,15-16H2,1-2H3,(H,26,30). The first-order valence-corrected chi connectivity index (χ1v) is 11.7. The molecule has 1 aromatic heterocycles. The second-order valence-electron chi connectivity index (χ2n) is 8.17. The molecule has 31 heavy (non-hydrogen) atoms. The van der Waals surface area contributed by atoms with Gasteiger partial charge < -0.3 is 5.32 Å². The van der Waals surface area contributed by atoms with Gasteiger partial charge in [0.05, 0.1) is 11.4 Å². The Labute approximate surface area is 188 Å². The van der Waals surface area contributed by atoms with E-state index in [0.29, 0.717) is 5.75 Å². The van der Waals surface area contributed by atoms with Gasteiger partial charge in [-0.2, -0.15) is 0 Å². The van der Waals surface area contributed by atoms with Crippen LogP contribution in [0.1, 0.15) is 29.5 Å². The molecule has 4 rings (SSSR count). The quantitative estimate of drug-likeness (QED) is 0.573. The Kier molecular flexibility index (Phi) is 7.04. The predicted octanol–water partition coefficient (Wildman–Crippen LogP) is 3.76. The molecular weight excluding hydrogens is 406 g/mol. The van der Waals surface area contributed by atoms with Crippen molar-refractivity contribution < 1.29 is 4.79 Å². The second kappa shape index (κ2) is 10.1. The van der Waals surface area contributed by atoms with Gasteiger partial charge in [-0.1, -0.05) is 59.8 Å². The van der Waals surface area contributed by atoms with Gasteiger partial charge in [0.1, 0.15) is 6.33 Å².